The number of benzene rings is 3. The van der Waals surface area contributed by atoms with Gasteiger partial charge in [-0.25, -0.2) is 4.58 Å². The zero-order valence-electron chi connectivity index (χ0n) is 21.6. The van der Waals surface area contributed by atoms with Crippen LogP contribution in [0.5, 0.6) is 0 Å². The van der Waals surface area contributed by atoms with Crippen molar-refractivity contribution in [1.82, 2.24) is 4.58 Å². The van der Waals surface area contributed by atoms with Crippen LogP contribution in [-0.2, 0) is 20.3 Å². The highest BCUT2D eigenvalue weighted by Crippen LogP contribution is 2.43. The van der Waals surface area contributed by atoms with Crippen molar-refractivity contribution in [1.29, 1.82) is 0 Å². The summed E-state index contributed by atoms with van der Waals surface area (Å²) in [7, 11) is -10.2. The molecule has 2 aliphatic rings. The molecule has 1 N–H and O–H groups in total. The molecule has 1 aliphatic heterocycles. The Bertz CT molecular complexity index is 1770. The summed E-state index contributed by atoms with van der Waals surface area (Å²) in [5, 5.41) is 1.42. The van der Waals surface area contributed by atoms with Gasteiger partial charge in [0.15, 0.2) is 0 Å². The van der Waals surface area contributed by atoms with Crippen LogP contribution in [0.4, 0.5) is 9.57 Å². The van der Waals surface area contributed by atoms with Gasteiger partial charge in [0, 0.05) is 53.0 Å². The molecule has 0 spiro atoms. The normalized spacial score (nSPS) is 12.3. The lowest BCUT2D eigenvalue weighted by Gasteiger charge is -2.22. The van der Waals surface area contributed by atoms with E-state index in [4.69, 9.17) is 4.42 Å². The first-order valence-electron chi connectivity index (χ1n) is 12.3. The number of hydrogen-bond acceptors (Lipinski definition) is 6. The molecular formula is C27H30FN2O6S2+. The standard InChI is InChI=1S/C27H29FN2O6S2/c1-5-29(6-2)18-9-12-21-24(15-18)36-25-16-19(30(7-3)8-4)10-13-22(25)27(21)23-14-11-20(38(33,34)35)17-26(23)37(28,31)32/h9-17H,5-8H2,1-4H3/p+1. The Morgan fingerprint density at radius 3 is 2.11 bits per heavy atom. The van der Waals surface area contributed by atoms with E-state index in [9.17, 15) is 25.3 Å². The molecule has 38 heavy (non-hydrogen) atoms. The summed E-state index contributed by atoms with van der Waals surface area (Å²) in [4.78, 5) is 0.546. The van der Waals surface area contributed by atoms with Crippen LogP contribution in [0.3, 0.4) is 0 Å². The molecule has 1 heterocycles. The number of anilines is 1. The Balaban J connectivity index is 2.19. The Morgan fingerprint density at radius 1 is 0.868 bits per heavy atom. The largest absolute Gasteiger partial charge is 0.456 e. The summed E-state index contributed by atoms with van der Waals surface area (Å²) >= 11 is 0. The summed E-state index contributed by atoms with van der Waals surface area (Å²) in [6.45, 7) is 11.2. The molecule has 0 unspecified atom stereocenters. The Morgan fingerprint density at radius 2 is 1.53 bits per heavy atom. The fraction of sp³-hybridized carbons (Fsp3) is 0.296. The molecule has 0 atom stereocenters. The number of hydrogen-bond donors (Lipinski definition) is 1. The van der Waals surface area contributed by atoms with Gasteiger partial charge >= 0.3 is 10.2 Å². The van der Waals surface area contributed by atoms with E-state index in [0.717, 1.165) is 43.3 Å². The van der Waals surface area contributed by atoms with Crippen molar-refractivity contribution in [2.75, 3.05) is 31.1 Å². The van der Waals surface area contributed by atoms with Gasteiger partial charge in [-0.05, 0) is 58.0 Å². The highest BCUT2D eigenvalue weighted by Gasteiger charge is 2.27. The third-order valence-corrected chi connectivity index (χ3v) is 8.44. The predicted octanol–water partition coefficient (Wildman–Crippen LogP) is 4.77. The van der Waals surface area contributed by atoms with E-state index in [1.54, 1.807) is 12.1 Å². The average molecular weight is 562 g/mol. The number of fused-ring (bicyclic) bond motifs is 2. The molecule has 0 saturated carbocycles. The van der Waals surface area contributed by atoms with Crippen LogP contribution < -0.4 is 14.8 Å². The van der Waals surface area contributed by atoms with Crippen molar-refractivity contribution in [3.63, 3.8) is 0 Å². The molecule has 2 aromatic carbocycles. The molecule has 0 amide bonds. The summed E-state index contributed by atoms with van der Waals surface area (Å²) in [6, 6.07) is 13.9. The van der Waals surface area contributed by atoms with Crippen LogP contribution in [-0.4, -0.2) is 47.6 Å². The highest BCUT2D eigenvalue weighted by molar-refractivity contribution is 7.87. The quantitative estimate of drug-likeness (QED) is 0.143. The van der Waals surface area contributed by atoms with Crippen LogP contribution >= 0.6 is 0 Å². The third-order valence-electron chi connectivity index (χ3n) is 6.73. The first kappa shape index (κ1) is 27.7. The molecular weight excluding hydrogens is 531 g/mol. The van der Waals surface area contributed by atoms with Gasteiger partial charge in [0.05, 0.1) is 11.0 Å². The second-order valence-electron chi connectivity index (χ2n) is 8.75. The predicted molar refractivity (Wildman–Crippen MR) is 146 cm³/mol. The van der Waals surface area contributed by atoms with Gasteiger partial charge in [-0.15, -0.1) is 3.89 Å². The van der Waals surface area contributed by atoms with Crippen LogP contribution in [0.15, 0.2) is 68.8 Å². The van der Waals surface area contributed by atoms with Gasteiger partial charge < -0.3 is 9.32 Å². The molecule has 0 radical (unpaired) electrons. The van der Waals surface area contributed by atoms with Crippen LogP contribution in [0.25, 0.3) is 33.4 Å². The fourth-order valence-electron chi connectivity index (χ4n) is 4.80. The second kappa shape index (κ2) is 10.5. The van der Waals surface area contributed by atoms with Crippen molar-refractivity contribution in [2.45, 2.75) is 37.5 Å². The smallest absolute Gasteiger partial charge is 0.332 e. The molecule has 0 fully saturated rings. The van der Waals surface area contributed by atoms with Gasteiger partial charge in [-0.2, -0.15) is 16.8 Å². The van der Waals surface area contributed by atoms with E-state index in [1.165, 1.54) is 6.07 Å². The van der Waals surface area contributed by atoms with Gasteiger partial charge in [0.2, 0.25) is 5.36 Å². The van der Waals surface area contributed by atoms with Crippen LogP contribution in [0.1, 0.15) is 27.7 Å². The molecule has 0 bridgehead atoms. The molecule has 8 nitrogen and oxygen atoms in total. The van der Waals surface area contributed by atoms with E-state index in [-0.39, 0.29) is 5.56 Å². The van der Waals surface area contributed by atoms with Gasteiger partial charge in [-0.3, -0.25) is 4.55 Å². The minimum atomic E-state index is -5.38. The molecule has 4 rings (SSSR count). The summed E-state index contributed by atoms with van der Waals surface area (Å²) in [5.41, 5.74) is 2.20. The number of halogens is 1. The van der Waals surface area contributed by atoms with Crippen molar-refractivity contribution in [2.24, 2.45) is 0 Å². The summed E-state index contributed by atoms with van der Waals surface area (Å²) < 4.78 is 80.5. The lowest BCUT2D eigenvalue weighted by atomic mass is 9.93. The lowest BCUT2D eigenvalue weighted by molar-refractivity contribution is 0.483. The minimum Gasteiger partial charge on any atom is -0.456 e. The molecule has 202 valence electrons. The van der Waals surface area contributed by atoms with Crippen LogP contribution in [0, 0.1) is 0 Å². The van der Waals surface area contributed by atoms with E-state index in [2.05, 4.69) is 9.48 Å². The first-order valence-corrected chi connectivity index (χ1v) is 15.1. The Labute approximate surface area is 222 Å². The van der Waals surface area contributed by atoms with Crippen molar-refractivity contribution in [3.05, 3.63) is 60.0 Å². The van der Waals surface area contributed by atoms with Gasteiger partial charge in [-0.1, -0.05) is 6.07 Å². The first-order chi connectivity index (χ1) is 17.9. The number of rotatable bonds is 8. The number of nitrogens with zero attached hydrogens (tertiary/aromatic N) is 2. The second-order valence-corrected chi connectivity index (χ2v) is 11.5. The summed E-state index contributed by atoms with van der Waals surface area (Å²) in [5.74, 6) is 0.453. The fourth-order valence-corrected chi connectivity index (χ4v) is 6.08. The molecule has 0 saturated heterocycles. The Hall–Kier alpha value is -3.28. The van der Waals surface area contributed by atoms with E-state index in [1.807, 2.05) is 52.0 Å². The van der Waals surface area contributed by atoms with Crippen LogP contribution in [0.2, 0.25) is 0 Å². The molecule has 0 aromatic heterocycles. The maximum absolute atomic E-state index is 14.6. The zero-order valence-corrected chi connectivity index (χ0v) is 23.2. The SMILES string of the molecule is CCN(CC)c1ccc2c(-c3ccc(S(=O)(=O)O)cc3S(=O)(=O)F)c3ccc(=[N+](CC)CC)cc-3oc2c1. The molecule has 2 aromatic rings. The minimum absolute atomic E-state index is 0.0446. The van der Waals surface area contributed by atoms with E-state index >= 15 is 0 Å². The van der Waals surface area contributed by atoms with Gasteiger partial charge in [0.1, 0.15) is 29.3 Å². The molecule has 11 heteroatoms. The topological polar surface area (TPSA) is 108 Å². The Kier molecular flexibility index (Phi) is 7.64. The third kappa shape index (κ3) is 5.18. The van der Waals surface area contributed by atoms with Crippen molar-refractivity contribution in [3.8, 4) is 22.5 Å². The van der Waals surface area contributed by atoms with Crippen molar-refractivity contribution < 1.29 is 29.7 Å². The highest BCUT2D eigenvalue weighted by atomic mass is 32.3. The monoisotopic (exact) mass is 561 g/mol. The van der Waals surface area contributed by atoms with Gasteiger partial charge in [0.25, 0.3) is 10.1 Å². The maximum Gasteiger partial charge on any atom is 0.332 e. The maximum atomic E-state index is 14.6. The summed E-state index contributed by atoms with van der Waals surface area (Å²) in [6.07, 6.45) is 0. The molecule has 1 aliphatic carbocycles. The zero-order chi connectivity index (χ0) is 27.8. The lowest BCUT2D eigenvalue weighted by Crippen LogP contribution is -2.29. The van der Waals surface area contributed by atoms with E-state index in [0.29, 0.717) is 33.9 Å². The van der Waals surface area contributed by atoms with E-state index < -0.39 is 30.1 Å². The average Bonchev–Trinajstić information content (AvgIpc) is 2.87. The van der Waals surface area contributed by atoms with Crippen molar-refractivity contribution >= 4 is 37.0 Å².